The molecule has 2 heteroatoms. The van der Waals surface area contributed by atoms with Crippen LogP contribution < -0.4 is 10.5 Å². The molecule has 0 fully saturated rings. The van der Waals surface area contributed by atoms with Crippen LogP contribution in [0.2, 0.25) is 0 Å². The normalized spacial score (nSPS) is 21.5. The van der Waals surface area contributed by atoms with Gasteiger partial charge >= 0.3 is 0 Å². The van der Waals surface area contributed by atoms with E-state index >= 15 is 0 Å². The van der Waals surface area contributed by atoms with Crippen molar-refractivity contribution in [2.75, 3.05) is 0 Å². The van der Waals surface area contributed by atoms with E-state index in [1.165, 1.54) is 11.1 Å². The highest BCUT2D eigenvalue weighted by molar-refractivity contribution is 5.35. The van der Waals surface area contributed by atoms with Crippen LogP contribution in [0.3, 0.4) is 0 Å². The van der Waals surface area contributed by atoms with Gasteiger partial charge in [0.15, 0.2) is 5.72 Å². The summed E-state index contributed by atoms with van der Waals surface area (Å²) in [6, 6.07) is 18.6. The van der Waals surface area contributed by atoms with E-state index in [1.807, 2.05) is 18.2 Å². The summed E-state index contributed by atoms with van der Waals surface area (Å²) in [5.41, 5.74) is 8.46. The van der Waals surface area contributed by atoms with Gasteiger partial charge in [0.05, 0.1) is 0 Å². The summed E-state index contributed by atoms with van der Waals surface area (Å²) >= 11 is 0. The van der Waals surface area contributed by atoms with Gasteiger partial charge in [0, 0.05) is 12.8 Å². The Morgan fingerprint density at radius 3 is 2.58 bits per heavy atom. The van der Waals surface area contributed by atoms with Gasteiger partial charge in [0.1, 0.15) is 5.75 Å². The van der Waals surface area contributed by atoms with Crippen LogP contribution in [0.4, 0.5) is 0 Å². The molecule has 2 N–H and O–H groups in total. The third kappa shape index (κ3) is 2.79. The van der Waals surface area contributed by atoms with Crippen LogP contribution in [0, 0.1) is 0 Å². The molecule has 19 heavy (non-hydrogen) atoms. The first kappa shape index (κ1) is 12.2. The minimum Gasteiger partial charge on any atom is -0.473 e. The van der Waals surface area contributed by atoms with Crippen molar-refractivity contribution in [2.45, 2.75) is 31.4 Å². The Morgan fingerprint density at radius 2 is 1.74 bits per heavy atom. The second kappa shape index (κ2) is 5.06. The molecule has 1 aliphatic heterocycles. The van der Waals surface area contributed by atoms with Crippen molar-refractivity contribution < 1.29 is 4.74 Å². The van der Waals surface area contributed by atoms with Gasteiger partial charge < -0.3 is 4.74 Å². The van der Waals surface area contributed by atoms with Crippen LogP contribution >= 0.6 is 0 Å². The van der Waals surface area contributed by atoms with Crippen molar-refractivity contribution in [3.05, 3.63) is 65.7 Å². The van der Waals surface area contributed by atoms with E-state index in [4.69, 9.17) is 10.5 Å². The van der Waals surface area contributed by atoms with Gasteiger partial charge in [0.25, 0.3) is 0 Å². The lowest BCUT2D eigenvalue weighted by molar-refractivity contribution is 0.0441. The molecule has 0 radical (unpaired) electrons. The molecule has 0 spiro atoms. The summed E-state index contributed by atoms with van der Waals surface area (Å²) in [4.78, 5) is 0. The first-order chi connectivity index (χ1) is 9.25. The summed E-state index contributed by atoms with van der Waals surface area (Å²) < 4.78 is 6.02. The summed E-state index contributed by atoms with van der Waals surface area (Å²) in [5.74, 6) is 0.948. The lowest BCUT2D eigenvalue weighted by atomic mass is 9.93. The van der Waals surface area contributed by atoms with Crippen LogP contribution in [0.15, 0.2) is 54.6 Å². The fourth-order valence-corrected chi connectivity index (χ4v) is 2.60. The first-order valence-electron chi connectivity index (χ1n) is 6.85. The van der Waals surface area contributed by atoms with E-state index < -0.39 is 5.72 Å². The van der Waals surface area contributed by atoms with Crippen LogP contribution in [0.25, 0.3) is 0 Å². The average molecular weight is 253 g/mol. The number of rotatable bonds is 3. The Morgan fingerprint density at radius 1 is 1.00 bits per heavy atom. The van der Waals surface area contributed by atoms with Gasteiger partial charge in [-0.15, -0.1) is 0 Å². The molecule has 2 aromatic rings. The Hall–Kier alpha value is -1.80. The highest BCUT2D eigenvalue weighted by Crippen LogP contribution is 2.32. The first-order valence-corrected chi connectivity index (χ1v) is 6.85. The molecule has 1 atom stereocenters. The van der Waals surface area contributed by atoms with Gasteiger partial charge in [-0.25, -0.2) is 0 Å². The van der Waals surface area contributed by atoms with Crippen molar-refractivity contribution in [1.82, 2.24) is 0 Å². The summed E-state index contributed by atoms with van der Waals surface area (Å²) in [6.45, 7) is 0. The molecular formula is C17H19NO. The number of hydrogen-bond acceptors (Lipinski definition) is 2. The van der Waals surface area contributed by atoms with Gasteiger partial charge in [-0.1, -0.05) is 48.5 Å². The van der Waals surface area contributed by atoms with Gasteiger partial charge in [0.2, 0.25) is 0 Å². The molecule has 0 saturated heterocycles. The van der Waals surface area contributed by atoms with Crippen LogP contribution in [0.5, 0.6) is 5.75 Å². The Bertz CT molecular complexity index is 552. The fraction of sp³-hybridized carbons (Fsp3) is 0.294. The number of aryl methyl sites for hydroxylation is 2. The monoisotopic (exact) mass is 253 g/mol. The zero-order valence-electron chi connectivity index (χ0n) is 11.0. The van der Waals surface area contributed by atoms with Gasteiger partial charge in [-0.3, -0.25) is 5.73 Å². The minimum atomic E-state index is -0.524. The molecule has 3 rings (SSSR count). The second-order valence-electron chi connectivity index (χ2n) is 5.26. The maximum Gasteiger partial charge on any atom is 0.159 e. The summed E-state index contributed by atoms with van der Waals surface area (Å²) in [7, 11) is 0. The highest BCUT2D eigenvalue weighted by atomic mass is 16.5. The largest absolute Gasteiger partial charge is 0.473 e. The van der Waals surface area contributed by atoms with E-state index in [9.17, 15) is 0 Å². The van der Waals surface area contributed by atoms with Gasteiger partial charge in [-0.05, 0) is 30.0 Å². The quantitative estimate of drug-likeness (QED) is 0.911. The Kier molecular flexibility index (Phi) is 3.26. The predicted molar refractivity (Wildman–Crippen MR) is 77.1 cm³/mol. The molecule has 0 amide bonds. The lowest BCUT2D eigenvalue weighted by Crippen LogP contribution is -2.48. The zero-order valence-corrected chi connectivity index (χ0v) is 11.0. The molecule has 2 nitrogen and oxygen atoms in total. The summed E-state index contributed by atoms with van der Waals surface area (Å²) in [6.07, 6.45) is 3.70. The maximum absolute atomic E-state index is 6.40. The molecule has 1 heterocycles. The fourth-order valence-electron chi connectivity index (χ4n) is 2.60. The van der Waals surface area contributed by atoms with E-state index in [0.717, 1.165) is 31.4 Å². The third-order valence-corrected chi connectivity index (χ3v) is 3.78. The SMILES string of the molecule is NC1(CCc2ccccc2)CCc2ccccc2O1. The van der Waals surface area contributed by atoms with E-state index in [2.05, 4.69) is 36.4 Å². The topological polar surface area (TPSA) is 35.2 Å². The molecular weight excluding hydrogens is 234 g/mol. The predicted octanol–water partition coefficient (Wildman–Crippen LogP) is 3.30. The number of hydrogen-bond donors (Lipinski definition) is 1. The molecule has 2 aromatic carbocycles. The highest BCUT2D eigenvalue weighted by Gasteiger charge is 2.31. The minimum absolute atomic E-state index is 0.524. The van der Waals surface area contributed by atoms with Crippen LogP contribution in [-0.2, 0) is 12.8 Å². The van der Waals surface area contributed by atoms with Gasteiger partial charge in [-0.2, -0.15) is 0 Å². The van der Waals surface area contributed by atoms with Crippen molar-refractivity contribution in [3.63, 3.8) is 0 Å². The van der Waals surface area contributed by atoms with E-state index in [0.29, 0.717) is 0 Å². The zero-order chi connectivity index (χ0) is 13.1. The smallest absolute Gasteiger partial charge is 0.159 e. The Labute approximate surface area is 114 Å². The summed E-state index contributed by atoms with van der Waals surface area (Å²) in [5, 5.41) is 0. The van der Waals surface area contributed by atoms with Crippen molar-refractivity contribution in [1.29, 1.82) is 0 Å². The molecule has 0 aliphatic carbocycles. The second-order valence-corrected chi connectivity index (χ2v) is 5.26. The van der Waals surface area contributed by atoms with Crippen molar-refractivity contribution in [2.24, 2.45) is 5.73 Å². The van der Waals surface area contributed by atoms with Crippen LogP contribution in [-0.4, -0.2) is 5.72 Å². The molecule has 98 valence electrons. The number of ether oxygens (including phenoxy) is 1. The Balaban J connectivity index is 1.69. The van der Waals surface area contributed by atoms with Crippen molar-refractivity contribution in [3.8, 4) is 5.75 Å². The maximum atomic E-state index is 6.40. The van der Waals surface area contributed by atoms with E-state index in [-0.39, 0.29) is 0 Å². The lowest BCUT2D eigenvalue weighted by Gasteiger charge is -2.35. The molecule has 1 aliphatic rings. The number of benzene rings is 2. The number of para-hydroxylation sites is 1. The molecule has 0 aromatic heterocycles. The molecule has 0 bridgehead atoms. The average Bonchev–Trinajstić information content (AvgIpc) is 2.46. The third-order valence-electron chi connectivity index (χ3n) is 3.78. The number of fused-ring (bicyclic) bond motifs is 1. The molecule has 0 saturated carbocycles. The van der Waals surface area contributed by atoms with E-state index in [1.54, 1.807) is 0 Å². The number of nitrogens with two attached hydrogens (primary N) is 1. The molecule has 1 unspecified atom stereocenters. The van der Waals surface area contributed by atoms with Crippen LogP contribution in [0.1, 0.15) is 24.0 Å². The van der Waals surface area contributed by atoms with Crippen molar-refractivity contribution >= 4 is 0 Å². The standard InChI is InChI=1S/C17H19NO/c18-17(12-10-14-6-2-1-3-7-14)13-11-15-8-4-5-9-16(15)19-17/h1-9H,10-13,18H2.